The number of hydrogen-bond acceptors (Lipinski definition) is 2. The molecule has 0 aliphatic heterocycles. The van der Waals surface area contributed by atoms with Gasteiger partial charge in [-0.2, -0.15) is 13.2 Å². The van der Waals surface area contributed by atoms with Gasteiger partial charge in [-0.15, -0.1) is 0 Å². The molecule has 1 unspecified atom stereocenters. The molecule has 0 fully saturated rings. The summed E-state index contributed by atoms with van der Waals surface area (Å²) in [5.41, 5.74) is 4.34. The van der Waals surface area contributed by atoms with Crippen LogP contribution in [0, 0.1) is 5.92 Å². The molecule has 1 amide bonds. The lowest BCUT2D eigenvalue weighted by Gasteiger charge is -2.12. The van der Waals surface area contributed by atoms with Gasteiger partial charge in [0.1, 0.15) is 0 Å². The quantitative estimate of drug-likeness (QED) is 0.602. The highest BCUT2D eigenvalue weighted by atomic mass is 19.4. The Balaban J connectivity index is 4.63. The number of halogens is 3. The predicted molar refractivity (Wildman–Crippen MR) is 29.4 cm³/mol. The van der Waals surface area contributed by atoms with E-state index >= 15 is 0 Å². The molecule has 1 atom stereocenters. The first kappa shape index (κ1) is 9.93. The molecule has 0 heterocycles. The fraction of sp³-hybridized carbons (Fsp3) is 0.600. The first-order valence-corrected chi connectivity index (χ1v) is 2.63. The van der Waals surface area contributed by atoms with E-state index in [2.05, 4.69) is 5.73 Å². The van der Waals surface area contributed by atoms with Crippen molar-refractivity contribution < 1.29 is 22.8 Å². The number of amides is 1. The Morgan fingerprint density at radius 3 is 1.73 bits per heavy atom. The van der Waals surface area contributed by atoms with Crippen LogP contribution in [0.2, 0.25) is 0 Å². The van der Waals surface area contributed by atoms with Crippen LogP contribution in [0.25, 0.3) is 0 Å². The minimum atomic E-state index is -4.86. The molecule has 0 saturated carbocycles. The number of hydrogen-bond donors (Lipinski definition) is 1. The van der Waals surface area contributed by atoms with Crippen LogP contribution in [0.4, 0.5) is 13.2 Å². The van der Waals surface area contributed by atoms with Crippen molar-refractivity contribution in [3.63, 3.8) is 0 Å². The van der Waals surface area contributed by atoms with E-state index in [-0.39, 0.29) is 0 Å². The normalized spacial score (nSPS) is 14.2. The van der Waals surface area contributed by atoms with Crippen LogP contribution in [0.3, 0.4) is 0 Å². The fourth-order valence-corrected chi connectivity index (χ4v) is 0.592. The Morgan fingerprint density at radius 1 is 1.36 bits per heavy atom. The van der Waals surface area contributed by atoms with Gasteiger partial charge in [0, 0.05) is 0 Å². The van der Waals surface area contributed by atoms with Crippen molar-refractivity contribution in [2.75, 3.05) is 0 Å². The minimum Gasteiger partial charge on any atom is -0.369 e. The number of nitrogens with two attached hydrogens (primary N) is 1. The predicted octanol–water partition coefficient (Wildman–Crippen LogP) is 0.239. The van der Waals surface area contributed by atoms with Gasteiger partial charge >= 0.3 is 6.18 Å². The van der Waals surface area contributed by atoms with Crippen molar-refractivity contribution in [2.45, 2.75) is 13.1 Å². The van der Waals surface area contributed by atoms with E-state index in [4.69, 9.17) is 0 Å². The molecule has 2 N–H and O–H groups in total. The fourth-order valence-electron chi connectivity index (χ4n) is 0.592. The second-order valence-corrected chi connectivity index (χ2v) is 1.99. The van der Waals surface area contributed by atoms with Gasteiger partial charge in [-0.05, 0) is 6.92 Å². The SMILES string of the molecule is CC(=O)C(C(N)=O)C(F)(F)F. The van der Waals surface area contributed by atoms with Crippen molar-refractivity contribution in [3.8, 4) is 0 Å². The molecular weight excluding hydrogens is 163 g/mol. The second kappa shape index (κ2) is 2.89. The standard InChI is InChI=1S/C5H6F3NO2/c1-2(10)3(4(9)11)5(6,7)8/h3H,1H3,(H2,9,11). The Bertz CT molecular complexity index is 173. The number of carbonyl (C=O) groups is 2. The minimum absolute atomic E-state index is 0.670. The number of carbonyl (C=O) groups excluding carboxylic acids is 2. The number of primary amides is 1. The topological polar surface area (TPSA) is 60.2 Å². The zero-order chi connectivity index (χ0) is 9.23. The zero-order valence-electron chi connectivity index (χ0n) is 5.61. The van der Waals surface area contributed by atoms with Crippen LogP contribution in [0.5, 0.6) is 0 Å². The first-order chi connectivity index (χ1) is 4.76. The third kappa shape index (κ3) is 2.57. The Morgan fingerprint density at radius 2 is 1.73 bits per heavy atom. The maximum atomic E-state index is 11.7. The van der Waals surface area contributed by atoms with E-state index in [1.165, 1.54) is 0 Å². The third-order valence-corrected chi connectivity index (χ3v) is 1.02. The van der Waals surface area contributed by atoms with Gasteiger partial charge in [0.25, 0.3) is 0 Å². The van der Waals surface area contributed by atoms with Gasteiger partial charge in [0.05, 0.1) is 0 Å². The third-order valence-electron chi connectivity index (χ3n) is 1.02. The molecule has 0 radical (unpaired) electrons. The average Bonchev–Trinajstić information content (AvgIpc) is 1.54. The molecule has 0 spiro atoms. The molecule has 0 aromatic rings. The Kier molecular flexibility index (Phi) is 2.61. The summed E-state index contributed by atoms with van der Waals surface area (Å²) in [5, 5.41) is 0. The van der Waals surface area contributed by atoms with Gasteiger partial charge in [-0.1, -0.05) is 0 Å². The summed E-state index contributed by atoms with van der Waals surface area (Å²) in [6.45, 7) is 0.670. The smallest absolute Gasteiger partial charge is 0.369 e. The van der Waals surface area contributed by atoms with E-state index in [9.17, 15) is 22.8 Å². The highest BCUT2D eigenvalue weighted by Crippen LogP contribution is 2.26. The molecule has 0 aliphatic carbocycles. The van der Waals surface area contributed by atoms with E-state index in [1.807, 2.05) is 0 Å². The summed E-state index contributed by atoms with van der Waals surface area (Å²) in [4.78, 5) is 20.3. The van der Waals surface area contributed by atoms with Crippen LogP contribution in [0.1, 0.15) is 6.92 Å². The summed E-state index contributed by atoms with van der Waals surface area (Å²) >= 11 is 0. The molecule has 0 aliphatic rings. The lowest BCUT2D eigenvalue weighted by atomic mass is 10.1. The van der Waals surface area contributed by atoms with E-state index in [0.717, 1.165) is 0 Å². The van der Waals surface area contributed by atoms with Gasteiger partial charge in [-0.25, -0.2) is 0 Å². The number of alkyl halides is 3. The number of Topliss-reactive ketones (excluding diaryl/α,β-unsaturated/α-hetero) is 1. The van der Waals surface area contributed by atoms with Crippen molar-refractivity contribution >= 4 is 11.7 Å². The maximum absolute atomic E-state index is 11.7. The Labute approximate surface area is 60.4 Å². The van der Waals surface area contributed by atoms with Crippen molar-refractivity contribution in [1.82, 2.24) is 0 Å². The molecule has 0 aromatic heterocycles. The number of rotatable bonds is 2. The summed E-state index contributed by atoms with van der Waals surface area (Å²) in [6.07, 6.45) is -4.86. The first-order valence-electron chi connectivity index (χ1n) is 2.63. The van der Waals surface area contributed by atoms with Gasteiger partial charge in [0.15, 0.2) is 11.7 Å². The molecule has 64 valence electrons. The average molecular weight is 169 g/mol. The summed E-state index contributed by atoms with van der Waals surface area (Å²) in [6, 6.07) is 0. The van der Waals surface area contributed by atoms with Crippen molar-refractivity contribution in [1.29, 1.82) is 0 Å². The van der Waals surface area contributed by atoms with E-state index < -0.39 is 23.8 Å². The van der Waals surface area contributed by atoms with Crippen LogP contribution >= 0.6 is 0 Å². The van der Waals surface area contributed by atoms with Crippen LogP contribution < -0.4 is 5.73 Å². The molecule has 6 heteroatoms. The molecule has 0 saturated heterocycles. The van der Waals surface area contributed by atoms with Crippen LogP contribution in [0.15, 0.2) is 0 Å². The lowest BCUT2D eigenvalue weighted by Crippen LogP contribution is -2.40. The van der Waals surface area contributed by atoms with Crippen LogP contribution in [-0.4, -0.2) is 17.9 Å². The maximum Gasteiger partial charge on any atom is 0.407 e. The number of ketones is 1. The Hall–Kier alpha value is -1.07. The largest absolute Gasteiger partial charge is 0.407 e. The molecule has 0 rings (SSSR count). The van der Waals surface area contributed by atoms with Crippen LogP contribution in [-0.2, 0) is 9.59 Å². The highest BCUT2D eigenvalue weighted by Gasteiger charge is 2.46. The van der Waals surface area contributed by atoms with Gasteiger partial charge < -0.3 is 5.73 Å². The monoisotopic (exact) mass is 169 g/mol. The summed E-state index contributed by atoms with van der Waals surface area (Å²) < 4.78 is 35.1. The molecule has 3 nitrogen and oxygen atoms in total. The second-order valence-electron chi connectivity index (χ2n) is 1.99. The van der Waals surface area contributed by atoms with Crippen molar-refractivity contribution in [2.24, 2.45) is 11.7 Å². The highest BCUT2D eigenvalue weighted by molar-refractivity contribution is 6.00. The lowest BCUT2D eigenvalue weighted by molar-refractivity contribution is -0.183. The molecular formula is C5H6F3NO2. The zero-order valence-corrected chi connectivity index (χ0v) is 5.61. The van der Waals surface area contributed by atoms with Gasteiger partial charge in [-0.3, -0.25) is 9.59 Å². The summed E-state index contributed by atoms with van der Waals surface area (Å²) in [5.74, 6) is -5.61. The van der Waals surface area contributed by atoms with Crippen molar-refractivity contribution in [3.05, 3.63) is 0 Å². The van der Waals surface area contributed by atoms with Gasteiger partial charge in [0.2, 0.25) is 5.91 Å². The van der Waals surface area contributed by atoms with E-state index in [0.29, 0.717) is 6.92 Å². The molecule has 11 heavy (non-hydrogen) atoms. The van der Waals surface area contributed by atoms with E-state index in [1.54, 1.807) is 0 Å². The summed E-state index contributed by atoms with van der Waals surface area (Å²) in [7, 11) is 0. The molecule has 0 aromatic carbocycles. The molecule has 0 bridgehead atoms.